The minimum atomic E-state index is -1.32. The number of aromatic amines is 3. The number of fused-ring (bicyclic) bond motifs is 2. The van der Waals surface area contributed by atoms with E-state index in [9.17, 15) is 28.8 Å². The summed E-state index contributed by atoms with van der Waals surface area (Å²) in [5, 5.41) is 13.9. The molecule has 3 heterocycles. The Hall–Kier alpha value is -7.55. The van der Waals surface area contributed by atoms with E-state index in [1.54, 1.807) is 42.9 Å². The summed E-state index contributed by atoms with van der Waals surface area (Å²) in [6.45, 7) is 0.673. The van der Waals surface area contributed by atoms with Crippen LogP contribution in [0, 0.1) is 0 Å². The second kappa shape index (κ2) is 24.8. The maximum absolute atomic E-state index is 14.7. The number of imidazole rings is 1. The van der Waals surface area contributed by atoms with Crippen molar-refractivity contribution in [1.29, 1.82) is 0 Å². The molecule has 3 aromatic carbocycles. The van der Waals surface area contributed by atoms with Crippen molar-refractivity contribution in [1.82, 2.24) is 51.6 Å². The molecule has 6 rings (SSSR count). The van der Waals surface area contributed by atoms with E-state index >= 15 is 0 Å². The molecule has 0 aliphatic heterocycles. The topological polar surface area (TPSA) is 330 Å². The lowest BCUT2D eigenvalue weighted by Gasteiger charge is -2.29. The number of hydrogen-bond acceptors (Lipinski definition) is 10. The Morgan fingerprint density at radius 1 is 0.588 bits per heavy atom. The van der Waals surface area contributed by atoms with Crippen molar-refractivity contribution in [3.63, 3.8) is 0 Å². The first-order valence-corrected chi connectivity index (χ1v) is 22.8. The fraction of sp³-hybridized carbons (Fsp3) is 0.354. The first kappa shape index (κ1) is 49.9. The Balaban J connectivity index is 1.28. The number of hydrazine groups is 1. The Bertz CT molecular complexity index is 2600. The zero-order chi connectivity index (χ0) is 48.4. The van der Waals surface area contributed by atoms with Gasteiger partial charge in [0.15, 0.2) is 0 Å². The zero-order valence-corrected chi connectivity index (χ0v) is 37.8. The standard InChI is InChI=1S/C48H62N14O6/c49-19-9-8-18-39(43(52)63)57-45(65)40(22-30-12-2-1-3-13-30)59-46(66)41(23-31-26-54-37-16-6-4-14-34(31)37)60-48(68)62(21-11-10-20-50)61-47(67)42(24-32-27-55-38-17-7-5-15-35(32)38)58-44(64)36(51)25-33-28-53-29-56-33/h1-7,12-17,26-29,36,39-42,54-55H,8-11,18-25,49-51H2,(H2,52,63)(H,53,56)(H,57,65)(H,58,64)(H,59,66)(H,60,68)(H,61,67)/t36-,39-,40+,41-,42+/m0/s1. The molecule has 5 atom stereocenters. The summed E-state index contributed by atoms with van der Waals surface area (Å²) in [5.41, 5.74) is 30.6. The highest BCUT2D eigenvalue weighted by Crippen LogP contribution is 2.21. The van der Waals surface area contributed by atoms with E-state index < -0.39 is 65.8 Å². The lowest BCUT2D eigenvalue weighted by Crippen LogP contribution is -2.61. The van der Waals surface area contributed by atoms with Crippen LogP contribution in [0.4, 0.5) is 4.79 Å². The minimum absolute atomic E-state index is 0.0245. The second-order valence-corrected chi connectivity index (χ2v) is 16.7. The number of benzene rings is 3. The van der Waals surface area contributed by atoms with E-state index in [1.807, 2.05) is 54.6 Å². The van der Waals surface area contributed by atoms with Gasteiger partial charge in [0.05, 0.1) is 12.4 Å². The van der Waals surface area contributed by atoms with Crippen LogP contribution in [-0.4, -0.2) is 110 Å². The normalized spacial score (nSPS) is 13.5. The molecule has 3 aromatic heterocycles. The van der Waals surface area contributed by atoms with E-state index in [4.69, 9.17) is 22.9 Å². The van der Waals surface area contributed by atoms with Gasteiger partial charge in [-0.25, -0.2) is 14.8 Å². The smallest absolute Gasteiger partial charge is 0.336 e. The van der Waals surface area contributed by atoms with Gasteiger partial charge in [0.25, 0.3) is 5.91 Å². The molecule has 0 fully saturated rings. The van der Waals surface area contributed by atoms with Crippen molar-refractivity contribution in [2.75, 3.05) is 19.6 Å². The summed E-state index contributed by atoms with van der Waals surface area (Å²) in [6.07, 6.45) is 8.91. The van der Waals surface area contributed by atoms with Gasteiger partial charge in [-0.1, -0.05) is 66.7 Å². The molecule has 6 aromatic rings. The van der Waals surface area contributed by atoms with Crippen molar-refractivity contribution in [2.24, 2.45) is 22.9 Å². The number of para-hydroxylation sites is 2. The number of nitrogens with zero attached hydrogens (tertiary/aromatic N) is 2. The monoisotopic (exact) mass is 930 g/mol. The summed E-state index contributed by atoms with van der Waals surface area (Å²) >= 11 is 0. The van der Waals surface area contributed by atoms with Gasteiger partial charge < -0.3 is 59.2 Å². The van der Waals surface area contributed by atoms with Gasteiger partial charge in [-0.15, -0.1) is 0 Å². The second-order valence-electron chi connectivity index (χ2n) is 16.7. The van der Waals surface area contributed by atoms with Crippen LogP contribution in [0.5, 0.6) is 0 Å². The molecular formula is C48H62N14O6. The van der Waals surface area contributed by atoms with Crippen molar-refractivity contribution >= 4 is 57.4 Å². The molecule has 0 saturated heterocycles. The Morgan fingerprint density at radius 2 is 1.13 bits per heavy atom. The van der Waals surface area contributed by atoms with Crippen LogP contribution in [0.2, 0.25) is 0 Å². The van der Waals surface area contributed by atoms with E-state index in [0.29, 0.717) is 55.6 Å². The van der Waals surface area contributed by atoms with Crippen LogP contribution >= 0.6 is 0 Å². The molecule has 0 aliphatic rings. The molecular weight excluding hydrogens is 869 g/mol. The summed E-state index contributed by atoms with van der Waals surface area (Å²) in [5.74, 6) is -3.45. The number of carbonyl (C=O) groups excluding carboxylic acids is 6. The Labute approximate surface area is 393 Å². The molecule has 360 valence electrons. The van der Waals surface area contributed by atoms with Crippen molar-refractivity contribution in [2.45, 2.75) is 88.0 Å². The first-order chi connectivity index (χ1) is 32.9. The largest absolute Gasteiger partial charge is 0.368 e. The predicted octanol–water partition coefficient (Wildman–Crippen LogP) is 1.19. The fourth-order valence-corrected chi connectivity index (χ4v) is 7.91. The van der Waals surface area contributed by atoms with Gasteiger partial charge in [-0.05, 0) is 74.0 Å². The van der Waals surface area contributed by atoms with Crippen LogP contribution in [-0.2, 0) is 49.7 Å². The molecule has 20 nitrogen and oxygen atoms in total. The molecule has 7 amide bonds. The molecule has 0 bridgehead atoms. The van der Waals surface area contributed by atoms with E-state index in [1.165, 1.54) is 6.33 Å². The quantitative estimate of drug-likeness (QED) is 0.0287. The van der Waals surface area contributed by atoms with Gasteiger partial charge in [0.1, 0.15) is 24.2 Å². The van der Waals surface area contributed by atoms with Gasteiger partial charge in [-0.2, -0.15) is 0 Å². The molecule has 16 N–H and O–H groups in total. The fourth-order valence-electron chi connectivity index (χ4n) is 7.91. The van der Waals surface area contributed by atoms with Crippen LogP contribution in [0.25, 0.3) is 21.8 Å². The van der Waals surface area contributed by atoms with Crippen molar-refractivity contribution < 1.29 is 28.8 Å². The Kier molecular flexibility index (Phi) is 18.2. The first-order valence-electron chi connectivity index (χ1n) is 22.8. The molecule has 0 unspecified atom stereocenters. The van der Waals surface area contributed by atoms with Crippen molar-refractivity contribution in [3.8, 4) is 0 Å². The van der Waals surface area contributed by atoms with E-state index in [-0.39, 0.29) is 38.6 Å². The van der Waals surface area contributed by atoms with Gasteiger partial charge in [-0.3, -0.25) is 29.4 Å². The SMILES string of the molecule is NCCCC[C@H](NC(=O)[C@@H](Cc1ccccc1)NC(=O)[C@H](Cc1c[nH]c2ccccc12)NC(=O)N(CCCCN)NC(=O)[C@@H](Cc1c[nH]c2ccccc12)NC(=O)[C@@H](N)Cc1cnc[nH]1)C(N)=O. The van der Waals surface area contributed by atoms with Gasteiger partial charge in [0, 0.05) is 78.3 Å². The number of hydrogen-bond donors (Lipinski definition) is 12. The third-order valence-electron chi connectivity index (χ3n) is 11.6. The number of H-pyrrole nitrogens is 3. The number of nitrogens with two attached hydrogens (primary N) is 4. The van der Waals surface area contributed by atoms with E-state index in [2.05, 4.69) is 46.6 Å². The third kappa shape index (κ3) is 14.0. The summed E-state index contributed by atoms with van der Waals surface area (Å²) in [6, 6.07) is 17.3. The molecule has 20 heteroatoms. The number of carbonyl (C=O) groups is 6. The number of primary amides is 1. The van der Waals surface area contributed by atoms with Crippen LogP contribution in [0.3, 0.4) is 0 Å². The summed E-state index contributed by atoms with van der Waals surface area (Å²) in [4.78, 5) is 97.1. The predicted molar refractivity (Wildman–Crippen MR) is 258 cm³/mol. The Morgan fingerprint density at radius 3 is 1.72 bits per heavy atom. The highest BCUT2D eigenvalue weighted by atomic mass is 16.2. The van der Waals surface area contributed by atoms with Crippen LogP contribution < -0.4 is 49.6 Å². The van der Waals surface area contributed by atoms with Crippen LogP contribution in [0.15, 0.2) is 104 Å². The number of rotatable bonds is 25. The van der Waals surface area contributed by atoms with Crippen LogP contribution in [0.1, 0.15) is 54.5 Å². The van der Waals surface area contributed by atoms with E-state index in [0.717, 1.165) is 32.4 Å². The minimum Gasteiger partial charge on any atom is -0.368 e. The number of urea groups is 1. The molecule has 0 spiro atoms. The average molecular weight is 931 g/mol. The highest BCUT2D eigenvalue weighted by molar-refractivity contribution is 5.96. The molecule has 0 radical (unpaired) electrons. The zero-order valence-electron chi connectivity index (χ0n) is 37.8. The van der Waals surface area contributed by atoms with Crippen molar-refractivity contribution in [3.05, 3.63) is 126 Å². The lowest BCUT2D eigenvalue weighted by atomic mass is 10.0. The lowest BCUT2D eigenvalue weighted by molar-refractivity contribution is -0.132. The molecule has 0 aliphatic carbocycles. The molecule has 0 saturated carbocycles. The van der Waals surface area contributed by atoms with Gasteiger partial charge >= 0.3 is 6.03 Å². The maximum atomic E-state index is 14.7. The molecule has 68 heavy (non-hydrogen) atoms. The average Bonchev–Trinajstić information content (AvgIpc) is 4.11. The maximum Gasteiger partial charge on any atom is 0.336 e. The highest BCUT2D eigenvalue weighted by Gasteiger charge is 2.33. The number of amides is 7. The summed E-state index contributed by atoms with van der Waals surface area (Å²) < 4.78 is 0. The number of aromatic nitrogens is 4. The third-order valence-corrected chi connectivity index (χ3v) is 11.6. The van der Waals surface area contributed by atoms with Gasteiger partial charge in [0.2, 0.25) is 23.6 Å². The summed E-state index contributed by atoms with van der Waals surface area (Å²) in [7, 11) is 0. The number of unbranched alkanes of at least 4 members (excludes halogenated alkanes) is 2. The number of nitrogens with one attached hydrogen (secondary N) is 8.